The van der Waals surface area contributed by atoms with Gasteiger partial charge >= 0.3 is 5.97 Å². The van der Waals surface area contributed by atoms with Gasteiger partial charge in [-0.2, -0.15) is 5.10 Å². The highest BCUT2D eigenvalue weighted by Gasteiger charge is 2.46. The Labute approximate surface area is 276 Å². The third kappa shape index (κ3) is 5.35. The summed E-state index contributed by atoms with van der Waals surface area (Å²) in [7, 11) is 1.39. The van der Waals surface area contributed by atoms with Crippen LogP contribution in [-0.2, 0) is 34.9 Å². The number of ether oxygens (including phenoxy) is 4. The summed E-state index contributed by atoms with van der Waals surface area (Å²) in [5.41, 5.74) is 3.84. The number of hydrogen-bond acceptors (Lipinski definition) is 10. The van der Waals surface area contributed by atoms with Crippen molar-refractivity contribution < 1.29 is 23.7 Å². The molecular weight excluding hydrogens is 622 g/mol. The Kier molecular flexibility index (Phi) is 7.50. The number of aromatic nitrogens is 5. The second kappa shape index (κ2) is 11.9. The molecule has 8 rings (SSSR count). The summed E-state index contributed by atoms with van der Waals surface area (Å²) in [5.74, 6) is 0.864. The minimum absolute atomic E-state index is 0.104. The lowest BCUT2D eigenvalue weighted by Crippen LogP contribution is -2.59. The molecule has 12 nitrogen and oxygen atoms in total. The minimum atomic E-state index is -1.07. The first-order valence-electron chi connectivity index (χ1n) is 15.7. The van der Waals surface area contributed by atoms with Gasteiger partial charge in [0.15, 0.2) is 11.5 Å². The number of anilines is 1. The average molecular weight is 656 g/mol. The summed E-state index contributed by atoms with van der Waals surface area (Å²) in [6.45, 7) is 6.59. The molecule has 2 aromatic carbocycles. The van der Waals surface area contributed by atoms with E-state index in [1.807, 2.05) is 54.2 Å². The standard InChI is InChI=1S/C34H34ClN7O5/c1-34(30-10-8-23(35)18-36-30)46-29-6-3-5-25(32(29)47-34)41-15-13-39(27-20-45-21-28(27)41)19-31-38-24-9-7-22(33(43)44-2)17-26(24)42(31)16-14-40-12-4-11-37-40/h3-12,17-18,27-28H,13-16,19-21H2,1-2H3/t27-,28+,34?/m1/s1. The Balaban J connectivity index is 1.06. The lowest BCUT2D eigenvalue weighted by Gasteiger charge is -2.44. The SMILES string of the molecule is COC(=O)c1ccc2nc(CN3CCN(c4cccc5c4OC(C)(c4ccc(Cl)cn4)O5)[C@H]4COC[C@H]43)n(CCn3cccn3)c2c1. The Hall–Kier alpha value is -4.65. The summed E-state index contributed by atoms with van der Waals surface area (Å²) >= 11 is 6.09. The Morgan fingerprint density at radius 2 is 1.96 bits per heavy atom. The fourth-order valence-corrected chi connectivity index (χ4v) is 7.05. The molecule has 2 saturated heterocycles. The third-order valence-corrected chi connectivity index (χ3v) is 9.51. The van der Waals surface area contributed by atoms with Crippen molar-refractivity contribution in [3.05, 3.63) is 95.3 Å². The van der Waals surface area contributed by atoms with Gasteiger partial charge in [0.05, 0.1) is 72.8 Å². The van der Waals surface area contributed by atoms with Crippen molar-refractivity contribution in [2.45, 2.75) is 44.4 Å². The fourth-order valence-electron chi connectivity index (χ4n) is 6.93. The summed E-state index contributed by atoms with van der Waals surface area (Å²) in [4.78, 5) is 26.8. The number of halogens is 1. The van der Waals surface area contributed by atoms with E-state index >= 15 is 0 Å². The van der Waals surface area contributed by atoms with Gasteiger partial charge in [0.1, 0.15) is 11.5 Å². The zero-order valence-corrected chi connectivity index (χ0v) is 26.8. The van der Waals surface area contributed by atoms with Crippen molar-refractivity contribution in [3.8, 4) is 11.5 Å². The highest BCUT2D eigenvalue weighted by molar-refractivity contribution is 6.30. The first kappa shape index (κ1) is 29.7. The molecular formula is C34H34ClN7O5. The largest absolute Gasteiger partial charge is 0.465 e. The number of carbonyl (C=O) groups is 1. The van der Waals surface area contributed by atoms with Gasteiger partial charge in [0.25, 0.3) is 5.79 Å². The van der Waals surface area contributed by atoms with Crippen LogP contribution < -0.4 is 14.4 Å². The van der Waals surface area contributed by atoms with Gasteiger partial charge in [0, 0.05) is 45.1 Å². The molecule has 0 aliphatic carbocycles. The van der Waals surface area contributed by atoms with Crippen molar-refractivity contribution in [1.29, 1.82) is 0 Å². The number of piperazine rings is 1. The van der Waals surface area contributed by atoms with E-state index in [0.29, 0.717) is 60.6 Å². The van der Waals surface area contributed by atoms with E-state index in [1.54, 1.807) is 24.5 Å². The van der Waals surface area contributed by atoms with Gasteiger partial charge in [-0.05, 0) is 48.5 Å². The molecule has 0 saturated carbocycles. The first-order chi connectivity index (χ1) is 22.9. The summed E-state index contributed by atoms with van der Waals surface area (Å²) in [6.07, 6.45) is 5.32. The predicted molar refractivity (Wildman–Crippen MR) is 174 cm³/mol. The summed E-state index contributed by atoms with van der Waals surface area (Å²) in [6, 6.07) is 17.3. The van der Waals surface area contributed by atoms with Crippen molar-refractivity contribution >= 4 is 34.3 Å². The number of carbonyl (C=O) groups excluding carboxylic acids is 1. The van der Waals surface area contributed by atoms with Crippen molar-refractivity contribution in [2.24, 2.45) is 0 Å². The van der Waals surface area contributed by atoms with Gasteiger partial charge in [-0.1, -0.05) is 17.7 Å². The molecule has 3 aliphatic rings. The molecule has 47 heavy (non-hydrogen) atoms. The van der Waals surface area contributed by atoms with Crippen LogP contribution in [0.5, 0.6) is 11.5 Å². The molecule has 0 radical (unpaired) electrons. The fraction of sp³-hybridized carbons (Fsp3) is 0.353. The zero-order chi connectivity index (χ0) is 32.1. The van der Waals surface area contributed by atoms with Crippen molar-refractivity contribution in [3.63, 3.8) is 0 Å². The van der Waals surface area contributed by atoms with Crippen LogP contribution in [0.1, 0.15) is 28.8 Å². The number of esters is 1. The molecule has 3 aliphatic heterocycles. The lowest BCUT2D eigenvalue weighted by atomic mass is 10.0. The van der Waals surface area contributed by atoms with Crippen LogP contribution >= 0.6 is 11.6 Å². The number of hydrogen-bond donors (Lipinski definition) is 0. The molecule has 242 valence electrons. The smallest absolute Gasteiger partial charge is 0.337 e. The van der Waals surface area contributed by atoms with Crippen LogP contribution in [0, 0.1) is 0 Å². The van der Waals surface area contributed by atoms with Crippen LogP contribution in [-0.4, -0.2) is 80.7 Å². The van der Waals surface area contributed by atoms with Crippen molar-refractivity contribution in [2.75, 3.05) is 38.3 Å². The highest BCUT2D eigenvalue weighted by atomic mass is 35.5. The summed E-state index contributed by atoms with van der Waals surface area (Å²) in [5, 5.41) is 4.94. The van der Waals surface area contributed by atoms with Gasteiger partial charge in [-0.3, -0.25) is 14.6 Å². The second-order valence-corrected chi connectivity index (χ2v) is 12.5. The number of methoxy groups -OCH3 is 1. The molecule has 1 unspecified atom stereocenters. The second-order valence-electron chi connectivity index (χ2n) is 12.1. The third-order valence-electron chi connectivity index (χ3n) is 9.29. The highest BCUT2D eigenvalue weighted by Crippen LogP contribution is 2.50. The number of rotatable bonds is 8. The van der Waals surface area contributed by atoms with Gasteiger partial charge in [-0.25, -0.2) is 9.78 Å². The Bertz CT molecular complexity index is 1930. The van der Waals surface area contributed by atoms with Crippen LogP contribution in [0.3, 0.4) is 0 Å². The normalized spacial score (nSPS) is 22.1. The van der Waals surface area contributed by atoms with E-state index in [-0.39, 0.29) is 18.1 Å². The lowest BCUT2D eigenvalue weighted by molar-refractivity contribution is -0.0716. The van der Waals surface area contributed by atoms with Gasteiger partial charge in [-0.15, -0.1) is 0 Å². The number of aryl methyl sites for hydroxylation is 2. The predicted octanol–water partition coefficient (Wildman–Crippen LogP) is 4.50. The van der Waals surface area contributed by atoms with E-state index in [1.165, 1.54) is 7.11 Å². The zero-order valence-electron chi connectivity index (χ0n) is 26.1. The monoisotopic (exact) mass is 655 g/mol. The topological polar surface area (TPSA) is 109 Å². The quantitative estimate of drug-likeness (QED) is 0.222. The molecule has 13 heteroatoms. The number of para-hydroxylation sites is 1. The van der Waals surface area contributed by atoms with Crippen LogP contribution in [0.25, 0.3) is 11.0 Å². The Morgan fingerprint density at radius 1 is 1.06 bits per heavy atom. The molecule has 0 N–H and O–H groups in total. The van der Waals surface area contributed by atoms with Gasteiger partial charge in [0.2, 0.25) is 0 Å². The molecule has 0 spiro atoms. The average Bonchev–Trinajstić information content (AvgIpc) is 3.89. The number of benzene rings is 2. The van der Waals surface area contributed by atoms with Gasteiger partial charge < -0.3 is 28.4 Å². The molecule has 3 atom stereocenters. The van der Waals surface area contributed by atoms with E-state index in [2.05, 4.69) is 30.5 Å². The van der Waals surface area contributed by atoms with E-state index in [4.69, 9.17) is 35.5 Å². The maximum atomic E-state index is 12.4. The molecule has 5 aromatic rings. The number of imidazole rings is 1. The minimum Gasteiger partial charge on any atom is -0.465 e. The molecule has 6 heterocycles. The van der Waals surface area contributed by atoms with E-state index in [0.717, 1.165) is 35.6 Å². The van der Waals surface area contributed by atoms with Crippen LogP contribution in [0.2, 0.25) is 5.02 Å². The van der Waals surface area contributed by atoms with E-state index < -0.39 is 5.79 Å². The van der Waals surface area contributed by atoms with E-state index in [9.17, 15) is 4.79 Å². The molecule has 0 amide bonds. The van der Waals surface area contributed by atoms with Crippen molar-refractivity contribution in [1.82, 2.24) is 29.2 Å². The number of pyridine rings is 1. The number of nitrogens with zero attached hydrogens (tertiary/aromatic N) is 7. The summed E-state index contributed by atoms with van der Waals surface area (Å²) < 4.78 is 28.1. The molecule has 0 bridgehead atoms. The maximum absolute atomic E-state index is 12.4. The Morgan fingerprint density at radius 3 is 2.77 bits per heavy atom. The maximum Gasteiger partial charge on any atom is 0.337 e. The first-order valence-corrected chi connectivity index (χ1v) is 16.0. The molecule has 3 aromatic heterocycles. The van der Waals surface area contributed by atoms with Crippen LogP contribution in [0.4, 0.5) is 5.69 Å². The molecule has 2 fully saturated rings. The van der Waals surface area contributed by atoms with Crippen LogP contribution in [0.15, 0.2) is 73.2 Å². The number of fused-ring (bicyclic) bond motifs is 3.